The third-order valence-electron chi connectivity index (χ3n) is 4.25. The minimum atomic E-state index is -0.0335. The molecule has 19 heavy (non-hydrogen) atoms. The summed E-state index contributed by atoms with van der Waals surface area (Å²) < 4.78 is 0. The average molecular weight is 261 g/mol. The first-order chi connectivity index (χ1) is 9.13. The van der Waals surface area contributed by atoms with Gasteiger partial charge in [0.15, 0.2) is 0 Å². The van der Waals surface area contributed by atoms with Crippen molar-refractivity contribution in [2.45, 2.75) is 45.1 Å². The summed E-state index contributed by atoms with van der Waals surface area (Å²) in [6.07, 6.45) is 5.47. The average Bonchev–Trinajstić information content (AvgIpc) is 2.39. The van der Waals surface area contributed by atoms with Crippen LogP contribution in [0, 0.1) is 12.8 Å². The van der Waals surface area contributed by atoms with Gasteiger partial charge in [0.05, 0.1) is 6.10 Å². The van der Waals surface area contributed by atoms with Crippen molar-refractivity contribution in [2.75, 3.05) is 20.1 Å². The molecule has 0 spiro atoms. The van der Waals surface area contributed by atoms with E-state index >= 15 is 0 Å². The van der Waals surface area contributed by atoms with Crippen molar-refractivity contribution in [3.05, 3.63) is 35.4 Å². The molecule has 2 rings (SSSR count). The van der Waals surface area contributed by atoms with Crippen molar-refractivity contribution < 1.29 is 5.11 Å². The van der Waals surface area contributed by atoms with Crippen molar-refractivity contribution >= 4 is 0 Å². The van der Waals surface area contributed by atoms with E-state index in [4.69, 9.17) is 0 Å². The Balaban J connectivity index is 1.71. The first-order valence-electron chi connectivity index (χ1n) is 7.55. The first-order valence-corrected chi connectivity index (χ1v) is 7.55. The van der Waals surface area contributed by atoms with Crippen molar-refractivity contribution in [3.63, 3.8) is 0 Å². The minimum Gasteiger partial charge on any atom is -0.393 e. The molecule has 0 aliphatic heterocycles. The molecule has 1 saturated carbocycles. The number of benzene rings is 1. The lowest BCUT2D eigenvalue weighted by molar-refractivity contribution is 0.0978. The van der Waals surface area contributed by atoms with E-state index in [-0.39, 0.29) is 6.10 Å². The lowest BCUT2D eigenvalue weighted by Crippen LogP contribution is -2.31. The van der Waals surface area contributed by atoms with Crippen LogP contribution < -0.4 is 0 Å². The molecule has 1 aromatic carbocycles. The predicted octanol–water partition coefficient (Wildman–Crippen LogP) is 3.02. The van der Waals surface area contributed by atoms with Crippen molar-refractivity contribution in [1.82, 2.24) is 4.90 Å². The third-order valence-corrected chi connectivity index (χ3v) is 4.25. The van der Waals surface area contributed by atoms with E-state index in [2.05, 4.69) is 43.1 Å². The monoisotopic (exact) mass is 261 g/mol. The molecule has 1 aliphatic carbocycles. The molecule has 1 aromatic rings. The molecule has 0 unspecified atom stereocenters. The molecule has 2 nitrogen and oxygen atoms in total. The lowest BCUT2D eigenvalue weighted by atomic mass is 9.87. The Kier molecular flexibility index (Phi) is 5.41. The number of hydrogen-bond donors (Lipinski definition) is 1. The maximum atomic E-state index is 9.53. The van der Waals surface area contributed by atoms with Crippen LogP contribution in [0.1, 0.15) is 36.8 Å². The molecule has 106 valence electrons. The molecule has 0 aromatic heterocycles. The second kappa shape index (κ2) is 7.06. The molecule has 2 heteroatoms. The zero-order valence-corrected chi connectivity index (χ0v) is 12.3. The summed E-state index contributed by atoms with van der Waals surface area (Å²) in [4.78, 5) is 2.45. The number of likely N-dealkylation sites (N-methyl/N-ethyl adjacent to an activating group) is 1. The maximum absolute atomic E-state index is 9.53. The number of hydrogen-bond acceptors (Lipinski definition) is 2. The zero-order valence-electron chi connectivity index (χ0n) is 12.3. The summed E-state index contributed by atoms with van der Waals surface area (Å²) in [6.45, 7) is 4.46. The first kappa shape index (κ1) is 14.5. The highest BCUT2D eigenvalue weighted by atomic mass is 16.3. The Morgan fingerprint density at radius 2 is 1.95 bits per heavy atom. The van der Waals surface area contributed by atoms with E-state index in [0.29, 0.717) is 0 Å². The molecule has 0 amide bonds. The van der Waals surface area contributed by atoms with E-state index in [1.807, 2.05) is 0 Å². The summed E-state index contributed by atoms with van der Waals surface area (Å²) in [7, 11) is 2.22. The van der Waals surface area contributed by atoms with Crippen LogP contribution >= 0.6 is 0 Å². The Morgan fingerprint density at radius 1 is 1.21 bits per heavy atom. The summed E-state index contributed by atoms with van der Waals surface area (Å²) in [5.41, 5.74) is 2.78. The van der Waals surface area contributed by atoms with Gasteiger partial charge < -0.3 is 10.0 Å². The van der Waals surface area contributed by atoms with Crippen LogP contribution in [0.3, 0.4) is 0 Å². The van der Waals surface area contributed by atoms with Gasteiger partial charge in [-0.05, 0) is 57.6 Å². The normalized spacial score (nSPS) is 23.8. The topological polar surface area (TPSA) is 23.5 Å². The lowest BCUT2D eigenvalue weighted by Gasteiger charge is -2.29. The molecular formula is C17H27NO. The number of aliphatic hydroxyl groups excluding tert-OH is 1. The van der Waals surface area contributed by atoms with Gasteiger partial charge in [-0.1, -0.05) is 29.8 Å². The summed E-state index contributed by atoms with van der Waals surface area (Å²) >= 11 is 0. The quantitative estimate of drug-likeness (QED) is 0.880. The van der Waals surface area contributed by atoms with Crippen molar-refractivity contribution in [3.8, 4) is 0 Å². The van der Waals surface area contributed by atoms with Crippen LogP contribution in [0.25, 0.3) is 0 Å². The Morgan fingerprint density at radius 3 is 2.63 bits per heavy atom. The standard InChI is InChI=1S/C17H27NO/c1-14-4-3-5-15(12-14)10-11-18(2)13-16-6-8-17(19)9-7-16/h3-5,12,16-17,19H,6-11,13H2,1-2H3. The highest BCUT2D eigenvalue weighted by Crippen LogP contribution is 2.24. The predicted molar refractivity (Wildman–Crippen MR) is 80.3 cm³/mol. The fourth-order valence-electron chi connectivity index (χ4n) is 3.05. The molecule has 0 heterocycles. The van der Waals surface area contributed by atoms with Crippen LogP contribution in [-0.2, 0) is 6.42 Å². The van der Waals surface area contributed by atoms with E-state index in [9.17, 15) is 5.11 Å². The van der Waals surface area contributed by atoms with Gasteiger partial charge >= 0.3 is 0 Å². The fourth-order valence-corrected chi connectivity index (χ4v) is 3.05. The van der Waals surface area contributed by atoms with E-state index < -0.39 is 0 Å². The van der Waals surface area contributed by atoms with Crippen LogP contribution in [0.5, 0.6) is 0 Å². The fraction of sp³-hybridized carbons (Fsp3) is 0.647. The summed E-state index contributed by atoms with van der Waals surface area (Å²) in [5, 5.41) is 9.53. The molecular weight excluding hydrogens is 234 g/mol. The SMILES string of the molecule is Cc1cccc(CCN(C)CC2CCC(O)CC2)c1. The minimum absolute atomic E-state index is 0.0335. The van der Waals surface area contributed by atoms with E-state index in [0.717, 1.165) is 31.7 Å². The molecule has 1 fully saturated rings. The number of aryl methyl sites for hydroxylation is 1. The van der Waals surface area contributed by atoms with Crippen molar-refractivity contribution in [2.24, 2.45) is 5.92 Å². The molecule has 0 atom stereocenters. The molecule has 1 N–H and O–H groups in total. The number of aliphatic hydroxyl groups is 1. The Labute approximate surface area is 117 Å². The van der Waals surface area contributed by atoms with Gasteiger partial charge in [0, 0.05) is 13.1 Å². The molecule has 1 aliphatic rings. The largest absolute Gasteiger partial charge is 0.393 e. The Hall–Kier alpha value is -0.860. The molecule has 0 bridgehead atoms. The van der Waals surface area contributed by atoms with Crippen LogP contribution in [0.15, 0.2) is 24.3 Å². The summed E-state index contributed by atoms with van der Waals surface area (Å²) in [6, 6.07) is 8.80. The van der Waals surface area contributed by atoms with Gasteiger partial charge in [0.1, 0.15) is 0 Å². The van der Waals surface area contributed by atoms with Gasteiger partial charge in [-0.3, -0.25) is 0 Å². The van der Waals surface area contributed by atoms with E-state index in [1.165, 1.54) is 30.5 Å². The number of nitrogens with zero attached hydrogens (tertiary/aromatic N) is 1. The number of rotatable bonds is 5. The highest BCUT2D eigenvalue weighted by Gasteiger charge is 2.20. The van der Waals surface area contributed by atoms with Crippen LogP contribution in [0.4, 0.5) is 0 Å². The van der Waals surface area contributed by atoms with Crippen molar-refractivity contribution in [1.29, 1.82) is 0 Å². The molecule has 0 radical (unpaired) electrons. The van der Waals surface area contributed by atoms with Crippen LogP contribution in [-0.4, -0.2) is 36.2 Å². The Bertz CT molecular complexity index is 383. The van der Waals surface area contributed by atoms with Gasteiger partial charge in [0.25, 0.3) is 0 Å². The van der Waals surface area contributed by atoms with E-state index in [1.54, 1.807) is 0 Å². The van der Waals surface area contributed by atoms with Gasteiger partial charge in [0.2, 0.25) is 0 Å². The van der Waals surface area contributed by atoms with Gasteiger partial charge in [-0.2, -0.15) is 0 Å². The second-order valence-electron chi connectivity index (χ2n) is 6.18. The maximum Gasteiger partial charge on any atom is 0.0540 e. The third kappa shape index (κ3) is 4.96. The van der Waals surface area contributed by atoms with Crippen LogP contribution in [0.2, 0.25) is 0 Å². The van der Waals surface area contributed by atoms with Gasteiger partial charge in [-0.15, -0.1) is 0 Å². The highest BCUT2D eigenvalue weighted by molar-refractivity contribution is 5.22. The summed E-state index contributed by atoms with van der Waals surface area (Å²) in [5.74, 6) is 0.783. The van der Waals surface area contributed by atoms with Gasteiger partial charge in [-0.25, -0.2) is 0 Å². The smallest absolute Gasteiger partial charge is 0.0540 e. The molecule has 0 saturated heterocycles. The second-order valence-corrected chi connectivity index (χ2v) is 6.18. The zero-order chi connectivity index (χ0) is 13.7.